The van der Waals surface area contributed by atoms with Gasteiger partial charge in [-0.05, 0) is 25.3 Å². The van der Waals surface area contributed by atoms with Crippen molar-refractivity contribution in [2.24, 2.45) is 0 Å². The molecule has 0 bridgehead atoms. The lowest BCUT2D eigenvalue weighted by molar-refractivity contribution is 0.119. The molecule has 0 aliphatic heterocycles. The van der Waals surface area contributed by atoms with Gasteiger partial charge in [-0.15, -0.1) is 0 Å². The van der Waals surface area contributed by atoms with Gasteiger partial charge in [0.05, 0.1) is 6.10 Å². The van der Waals surface area contributed by atoms with E-state index in [1.807, 2.05) is 6.92 Å². The molecule has 4 heteroatoms. The second-order valence-corrected chi connectivity index (χ2v) is 5.53. The highest BCUT2D eigenvalue weighted by Crippen LogP contribution is 2.32. The third-order valence-electron chi connectivity index (χ3n) is 4.24. The fraction of sp³-hybridized carbons (Fsp3) is 0.500. The van der Waals surface area contributed by atoms with Crippen LogP contribution in [0.5, 0.6) is 0 Å². The monoisotopic (exact) mass is 271 g/mol. The molecule has 1 heterocycles. The van der Waals surface area contributed by atoms with Gasteiger partial charge in [-0.2, -0.15) is 5.10 Å². The zero-order chi connectivity index (χ0) is 13.9. The second-order valence-electron chi connectivity index (χ2n) is 5.53. The van der Waals surface area contributed by atoms with E-state index in [4.69, 9.17) is 4.74 Å². The van der Waals surface area contributed by atoms with Crippen LogP contribution in [0.2, 0.25) is 0 Å². The molecule has 1 fully saturated rings. The number of aromatic amines is 1. The highest BCUT2D eigenvalue weighted by Gasteiger charge is 2.20. The van der Waals surface area contributed by atoms with Gasteiger partial charge in [0.15, 0.2) is 5.82 Å². The molecule has 1 saturated carbocycles. The fourth-order valence-electron chi connectivity index (χ4n) is 2.82. The van der Waals surface area contributed by atoms with Gasteiger partial charge in [-0.1, -0.05) is 37.1 Å². The van der Waals surface area contributed by atoms with Crippen molar-refractivity contribution in [1.82, 2.24) is 15.2 Å². The van der Waals surface area contributed by atoms with Crippen molar-refractivity contribution < 1.29 is 4.74 Å². The lowest BCUT2D eigenvalue weighted by Crippen LogP contribution is -1.95. The maximum Gasteiger partial charge on any atom is 0.181 e. The summed E-state index contributed by atoms with van der Waals surface area (Å²) in [6.45, 7) is 2.04. The Morgan fingerprint density at radius 1 is 1.20 bits per heavy atom. The summed E-state index contributed by atoms with van der Waals surface area (Å²) in [5.74, 6) is 2.42. The minimum atomic E-state index is 0.116. The molecule has 1 aromatic carbocycles. The summed E-state index contributed by atoms with van der Waals surface area (Å²) < 4.78 is 5.32. The third-order valence-corrected chi connectivity index (χ3v) is 4.24. The van der Waals surface area contributed by atoms with E-state index in [0.29, 0.717) is 5.92 Å². The molecule has 106 valence electrons. The number of nitrogens with one attached hydrogen (secondary N) is 1. The highest BCUT2D eigenvalue weighted by molar-refractivity contribution is 5.55. The Balaban J connectivity index is 1.78. The van der Waals surface area contributed by atoms with Crippen molar-refractivity contribution in [2.75, 3.05) is 7.11 Å². The van der Waals surface area contributed by atoms with Gasteiger partial charge in [-0.25, -0.2) is 4.98 Å². The largest absolute Gasteiger partial charge is 0.377 e. The number of aromatic nitrogens is 3. The topological polar surface area (TPSA) is 50.8 Å². The smallest absolute Gasteiger partial charge is 0.181 e. The van der Waals surface area contributed by atoms with Crippen LogP contribution in [0.3, 0.4) is 0 Å². The summed E-state index contributed by atoms with van der Waals surface area (Å²) in [5, 5.41) is 7.47. The van der Waals surface area contributed by atoms with Crippen LogP contribution < -0.4 is 0 Å². The quantitative estimate of drug-likeness (QED) is 0.919. The van der Waals surface area contributed by atoms with Gasteiger partial charge < -0.3 is 4.74 Å². The summed E-state index contributed by atoms with van der Waals surface area (Å²) in [5.41, 5.74) is 2.22. The van der Waals surface area contributed by atoms with E-state index < -0.39 is 0 Å². The molecule has 1 atom stereocenters. The molecule has 1 aromatic heterocycles. The van der Waals surface area contributed by atoms with Gasteiger partial charge in [-0.3, -0.25) is 5.10 Å². The SMILES string of the molecule is CO[C@@H](C)c1ccc(-c2n[nH]c(C3CCCC3)n2)cc1. The van der Waals surface area contributed by atoms with E-state index in [2.05, 4.69) is 39.4 Å². The van der Waals surface area contributed by atoms with Crippen LogP contribution in [0.25, 0.3) is 11.4 Å². The predicted octanol–water partition coefficient (Wildman–Crippen LogP) is 3.84. The predicted molar refractivity (Wildman–Crippen MR) is 78.5 cm³/mol. The standard InChI is InChI=1S/C16H21N3O/c1-11(20-2)12-7-9-14(10-8-12)16-17-15(18-19-16)13-5-3-4-6-13/h7-11,13H,3-6H2,1-2H3,(H,17,18,19)/t11-/m0/s1. The third kappa shape index (κ3) is 2.61. The van der Waals surface area contributed by atoms with Crippen LogP contribution in [0.15, 0.2) is 24.3 Å². The Morgan fingerprint density at radius 2 is 1.90 bits per heavy atom. The molecule has 2 aromatic rings. The van der Waals surface area contributed by atoms with Crippen LogP contribution in [0.4, 0.5) is 0 Å². The second kappa shape index (κ2) is 5.75. The first-order chi connectivity index (χ1) is 9.78. The molecule has 0 unspecified atom stereocenters. The maximum atomic E-state index is 5.32. The zero-order valence-corrected chi connectivity index (χ0v) is 12.1. The average Bonchev–Trinajstić information content (AvgIpc) is 3.17. The van der Waals surface area contributed by atoms with E-state index in [1.165, 1.54) is 31.2 Å². The van der Waals surface area contributed by atoms with Crippen LogP contribution in [0, 0.1) is 0 Å². The Hall–Kier alpha value is -1.68. The molecule has 20 heavy (non-hydrogen) atoms. The Labute approximate surface area is 119 Å². The molecule has 0 saturated heterocycles. The number of ether oxygens (including phenoxy) is 1. The number of rotatable bonds is 4. The van der Waals surface area contributed by atoms with E-state index >= 15 is 0 Å². The van der Waals surface area contributed by atoms with Crippen molar-refractivity contribution in [3.05, 3.63) is 35.7 Å². The summed E-state index contributed by atoms with van der Waals surface area (Å²) in [6, 6.07) is 8.28. The van der Waals surface area contributed by atoms with Gasteiger partial charge in [0, 0.05) is 18.6 Å². The molecular formula is C16H21N3O. The first-order valence-electron chi connectivity index (χ1n) is 7.33. The average molecular weight is 271 g/mol. The number of benzene rings is 1. The molecule has 0 spiro atoms. The van der Waals surface area contributed by atoms with E-state index in [0.717, 1.165) is 17.2 Å². The van der Waals surface area contributed by atoms with Gasteiger partial charge in [0.1, 0.15) is 5.82 Å². The number of hydrogen-bond donors (Lipinski definition) is 1. The lowest BCUT2D eigenvalue weighted by Gasteiger charge is -2.09. The zero-order valence-electron chi connectivity index (χ0n) is 12.1. The molecular weight excluding hydrogens is 250 g/mol. The highest BCUT2D eigenvalue weighted by atomic mass is 16.5. The molecule has 4 nitrogen and oxygen atoms in total. The number of H-pyrrole nitrogens is 1. The molecule has 1 aliphatic carbocycles. The first-order valence-corrected chi connectivity index (χ1v) is 7.33. The van der Waals surface area contributed by atoms with Crippen LogP contribution in [-0.2, 0) is 4.74 Å². The minimum absolute atomic E-state index is 0.116. The Bertz CT molecular complexity index is 555. The summed E-state index contributed by atoms with van der Waals surface area (Å²) in [7, 11) is 1.72. The molecule has 1 aliphatic rings. The number of nitrogens with zero attached hydrogens (tertiary/aromatic N) is 2. The van der Waals surface area contributed by atoms with E-state index in [1.54, 1.807) is 7.11 Å². The van der Waals surface area contributed by atoms with Crippen molar-refractivity contribution in [3.8, 4) is 11.4 Å². The van der Waals surface area contributed by atoms with Crippen molar-refractivity contribution >= 4 is 0 Å². The van der Waals surface area contributed by atoms with Crippen molar-refractivity contribution in [2.45, 2.75) is 44.6 Å². The Kier molecular flexibility index (Phi) is 3.83. The summed E-state index contributed by atoms with van der Waals surface area (Å²) >= 11 is 0. The van der Waals surface area contributed by atoms with Gasteiger partial charge in [0.25, 0.3) is 0 Å². The van der Waals surface area contributed by atoms with Crippen molar-refractivity contribution in [3.63, 3.8) is 0 Å². The number of hydrogen-bond acceptors (Lipinski definition) is 3. The molecule has 1 N–H and O–H groups in total. The summed E-state index contributed by atoms with van der Waals surface area (Å²) in [4.78, 5) is 4.66. The normalized spacial score (nSPS) is 17.5. The van der Waals surface area contributed by atoms with Crippen molar-refractivity contribution in [1.29, 1.82) is 0 Å². The van der Waals surface area contributed by atoms with Gasteiger partial charge in [0.2, 0.25) is 0 Å². The maximum absolute atomic E-state index is 5.32. The summed E-state index contributed by atoms with van der Waals surface area (Å²) in [6.07, 6.45) is 5.21. The van der Waals surface area contributed by atoms with Crippen LogP contribution in [-0.4, -0.2) is 22.3 Å². The minimum Gasteiger partial charge on any atom is -0.377 e. The van der Waals surface area contributed by atoms with Crippen LogP contribution >= 0.6 is 0 Å². The Morgan fingerprint density at radius 3 is 2.55 bits per heavy atom. The number of methoxy groups -OCH3 is 1. The van der Waals surface area contributed by atoms with Gasteiger partial charge >= 0.3 is 0 Å². The molecule has 0 amide bonds. The van der Waals surface area contributed by atoms with E-state index in [9.17, 15) is 0 Å². The van der Waals surface area contributed by atoms with Crippen LogP contribution in [0.1, 0.15) is 56.0 Å². The molecule has 3 rings (SSSR count). The fourth-order valence-corrected chi connectivity index (χ4v) is 2.82. The lowest BCUT2D eigenvalue weighted by atomic mass is 10.1. The first kappa shape index (κ1) is 13.3. The van der Waals surface area contributed by atoms with E-state index in [-0.39, 0.29) is 6.10 Å². The molecule has 0 radical (unpaired) electrons.